The van der Waals surface area contributed by atoms with E-state index in [9.17, 15) is 0 Å². The first-order chi connectivity index (χ1) is 5.36. The smallest absolute Gasteiger partial charge is 0.0450 e. The lowest BCUT2D eigenvalue weighted by Gasteiger charge is -1.87. The molecule has 0 aromatic carbocycles. The highest BCUT2D eigenvalue weighted by molar-refractivity contribution is 5.45. The van der Waals surface area contributed by atoms with E-state index in [-0.39, 0.29) is 1.43 Å². The number of hydrogen-bond acceptors (Lipinski definition) is 0. The Morgan fingerprint density at radius 1 is 1.45 bits per heavy atom. The summed E-state index contributed by atoms with van der Waals surface area (Å²) in [6, 6.07) is 2.11. The number of allylic oxidation sites excluding steroid dienone is 2. The molecule has 0 amide bonds. The highest BCUT2D eigenvalue weighted by atomic mass is 14.6. The minimum absolute atomic E-state index is 0. The first-order valence-corrected chi connectivity index (χ1v) is 3.87. The molecule has 0 atom stereocenters. The minimum Gasteiger partial charge on any atom is -0.361 e. The van der Waals surface area contributed by atoms with Gasteiger partial charge in [0.05, 0.1) is 0 Å². The Kier molecular flexibility index (Phi) is 1.42. The molecule has 0 saturated heterocycles. The van der Waals surface area contributed by atoms with Gasteiger partial charge in [-0.05, 0) is 30.7 Å². The third-order valence-corrected chi connectivity index (χ3v) is 1.99. The summed E-state index contributed by atoms with van der Waals surface area (Å²) in [5, 5.41) is 2.54. The molecule has 1 aromatic rings. The highest BCUT2D eigenvalue weighted by Crippen LogP contribution is 2.01. The van der Waals surface area contributed by atoms with Gasteiger partial charge in [-0.1, -0.05) is 17.7 Å². The first kappa shape index (κ1) is 6.47. The van der Waals surface area contributed by atoms with Crippen LogP contribution in [0.1, 0.15) is 14.8 Å². The van der Waals surface area contributed by atoms with Gasteiger partial charge in [-0.3, -0.25) is 0 Å². The zero-order valence-corrected chi connectivity index (χ0v) is 6.59. The van der Waals surface area contributed by atoms with Crippen LogP contribution in [0.3, 0.4) is 0 Å². The molecular weight excluding hydrogens is 134 g/mol. The SMILES string of the molecule is CC1=CC=c2[nH]ccc2=CC1.[HH]. The zero-order chi connectivity index (χ0) is 7.68. The van der Waals surface area contributed by atoms with Gasteiger partial charge in [0.15, 0.2) is 0 Å². The van der Waals surface area contributed by atoms with Crippen molar-refractivity contribution in [2.24, 2.45) is 0 Å². The van der Waals surface area contributed by atoms with E-state index < -0.39 is 0 Å². The van der Waals surface area contributed by atoms with E-state index in [4.69, 9.17) is 0 Å². The Morgan fingerprint density at radius 2 is 2.36 bits per heavy atom. The topological polar surface area (TPSA) is 15.8 Å². The monoisotopic (exact) mass is 147 g/mol. The number of fused-ring (bicyclic) bond motifs is 1. The molecule has 0 saturated carbocycles. The standard InChI is InChI=1S/C10H11N.H2/c1-8-2-4-9-6-7-11-10(9)5-3-8;/h3-7,11H,2H2,1H3;1H. The summed E-state index contributed by atoms with van der Waals surface area (Å²) < 4.78 is 0. The second-order valence-corrected chi connectivity index (χ2v) is 2.93. The van der Waals surface area contributed by atoms with Crippen LogP contribution in [0, 0.1) is 0 Å². The summed E-state index contributed by atoms with van der Waals surface area (Å²) in [5.74, 6) is 0. The molecule has 0 radical (unpaired) electrons. The van der Waals surface area contributed by atoms with Gasteiger partial charge in [0.2, 0.25) is 0 Å². The Bertz CT molecular complexity index is 398. The molecule has 11 heavy (non-hydrogen) atoms. The summed E-state index contributed by atoms with van der Waals surface area (Å²) in [5.41, 5.74) is 1.41. The van der Waals surface area contributed by atoms with E-state index in [0.717, 1.165) is 6.42 Å². The van der Waals surface area contributed by atoms with Crippen LogP contribution < -0.4 is 10.6 Å². The largest absolute Gasteiger partial charge is 0.361 e. The third kappa shape index (κ3) is 1.14. The molecule has 1 aliphatic carbocycles. The van der Waals surface area contributed by atoms with Crippen LogP contribution in [0.25, 0.3) is 12.2 Å². The molecule has 58 valence electrons. The summed E-state index contributed by atoms with van der Waals surface area (Å²) in [7, 11) is 0. The number of hydrogen-bond donors (Lipinski definition) is 1. The average molecular weight is 147 g/mol. The summed E-state index contributed by atoms with van der Waals surface area (Å²) in [6.45, 7) is 2.15. The lowest BCUT2D eigenvalue weighted by Crippen LogP contribution is -2.20. The van der Waals surface area contributed by atoms with E-state index in [0.29, 0.717) is 0 Å². The second kappa shape index (κ2) is 2.42. The maximum atomic E-state index is 3.19. The van der Waals surface area contributed by atoms with E-state index in [1.165, 1.54) is 16.1 Å². The van der Waals surface area contributed by atoms with Crippen molar-refractivity contribution in [2.75, 3.05) is 0 Å². The van der Waals surface area contributed by atoms with Gasteiger partial charge in [0.1, 0.15) is 0 Å². The van der Waals surface area contributed by atoms with Crippen molar-refractivity contribution in [3.8, 4) is 0 Å². The predicted octanol–water partition coefficient (Wildman–Crippen LogP) is 1.17. The molecule has 0 aliphatic heterocycles. The molecule has 0 fully saturated rings. The van der Waals surface area contributed by atoms with Crippen LogP contribution in [0.4, 0.5) is 0 Å². The van der Waals surface area contributed by atoms with Gasteiger partial charge in [0, 0.05) is 13.0 Å². The number of aromatic amines is 1. The molecule has 1 nitrogen and oxygen atoms in total. The van der Waals surface area contributed by atoms with Crippen molar-refractivity contribution in [3.63, 3.8) is 0 Å². The van der Waals surface area contributed by atoms with E-state index in [1.54, 1.807) is 0 Å². The minimum atomic E-state index is 0. The van der Waals surface area contributed by atoms with Gasteiger partial charge in [-0.25, -0.2) is 0 Å². The zero-order valence-electron chi connectivity index (χ0n) is 6.59. The van der Waals surface area contributed by atoms with Gasteiger partial charge in [-0.2, -0.15) is 0 Å². The Hall–Kier alpha value is -1.24. The van der Waals surface area contributed by atoms with Gasteiger partial charge in [0.25, 0.3) is 0 Å². The average Bonchev–Trinajstić information content (AvgIpc) is 2.38. The van der Waals surface area contributed by atoms with Gasteiger partial charge < -0.3 is 4.98 Å². The quantitative estimate of drug-likeness (QED) is 0.567. The van der Waals surface area contributed by atoms with E-state index >= 15 is 0 Å². The van der Waals surface area contributed by atoms with Crippen molar-refractivity contribution in [2.45, 2.75) is 13.3 Å². The van der Waals surface area contributed by atoms with Crippen molar-refractivity contribution in [1.29, 1.82) is 0 Å². The highest BCUT2D eigenvalue weighted by Gasteiger charge is 1.91. The molecule has 1 heterocycles. The Labute approximate surface area is 67.2 Å². The molecule has 0 bridgehead atoms. The fraction of sp³-hybridized carbons (Fsp3) is 0.200. The fourth-order valence-corrected chi connectivity index (χ4v) is 1.28. The molecule has 0 unspecified atom stereocenters. The Morgan fingerprint density at radius 3 is 3.27 bits per heavy atom. The molecular formula is C10H13N. The van der Waals surface area contributed by atoms with Crippen LogP contribution in [0.2, 0.25) is 0 Å². The molecule has 1 heteroatoms. The van der Waals surface area contributed by atoms with Crippen molar-refractivity contribution < 1.29 is 1.43 Å². The summed E-state index contributed by atoms with van der Waals surface area (Å²) in [4.78, 5) is 3.19. The lowest BCUT2D eigenvalue weighted by molar-refractivity contribution is 1.27. The van der Waals surface area contributed by atoms with E-state index in [2.05, 4.69) is 36.2 Å². The van der Waals surface area contributed by atoms with Crippen LogP contribution in [0.5, 0.6) is 0 Å². The van der Waals surface area contributed by atoms with Crippen LogP contribution in [-0.4, -0.2) is 4.98 Å². The van der Waals surface area contributed by atoms with Crippen molar-refractivity contribution >= 4 is 12.2 Å². The summed E-state index contributed by atoms with van der Waals surface area (Å²) in [6.07, 6.45) is 9.60. The molecule has 1 aromatic heterocycles. The normalized spacial score (nSPS) is 15.5. The molecule has 1 N–H and O–H groups in total. The first-order valence-electron chi connectivity index (χ1n) is 3.87. The summed E-state index contributed by atoms with van der Waals surface area (Å²) >= 11 is 0. The number of H-pyrrole nitrogens is 1. The molecule has 1 aliphatic rings. The maximum absolute atomic E-state index is 3.19. The number of nitrogens with one attached hydrogen (secondary N) is 1. The second-order valence-electron chi connectivity index (χ2n) is 2.93. The van der Waals surface area contributed by atoms with Gasteiger partial charge in [-0.15, -0.1) is 0 Å². The number of aromatic nitrogens is 1. The molecule has 2 rings (SSSR count). The maximum Gasteiger partial charge on any atom is 0.0450 e. The van der Waals surface area contributed by atoms with Gasteiger partial charge >= 0.3 is 0 Å². The van der Waals surface area contributed by atoms with Crippen LogP contribution >= 0.6 is 0 Å². The van der Waals surface area contributed by atoms with Crippen molar-refractivity contribution in [1.82, 2.24) is 4.98 Å². The van der Waals surface area contributed by atoms with Crippen LogP contribution in [-0.2, 0) is 0 Å². The fourth-order valence-electron chi connectivity index (χ4n) is 1.28. The number of rotatable bonds is 0. The molecule has 0 spiro atoms. The lowest BCUT2D eigenvalue weighted by atomic mass is 10.2. The van der Waals surface area contributed by atoms with E-state index in [1.807, 2.05) is 6.20 Å². The van der Waals surface area contributed by atoms with Crippen molar-refractivity contribution in [3.05, 3.63) is 34.5 Å². The third-order valence-electron chi connectivity index (χ3n) is 1.99. The van der Waals surface area contributed by atoms with Crippen LogP contribution in [0.15, 0.2) is 23.9 Å². The Balaban J connectivity index is 0.000000720. The predicted molar refractivity (Wildman–Crippen MR) is 49.5 cm³/mol.